The second-order valence-corrected chi connectivity index (χ2v) is 6.05. The predicted molar refractivity (Wildman–Crippen MR) is 83.9 cm³/mol. The van der Waals surface area contributed by atoms with Crippen molar-refractivity contribution in [1.29, 1.82) is 0 Å². The first-order valence-electron chi connectivity index (χ1n) is 7.28. The summed E-state index contributed by atoms with van der Waals surface area (Å²) in [6.45, 7) is 9.73. The first-order chi connectivity index (χ1) is 8.97. The number of benzene rings is 1. The van der Waals surface area contributed by atoms with E-state index >= 15 is 0 Å². The molecule has 0 radical (unpaired) electrons. The van der Waals surface area contributed by atoms with E-state index in [1.165, 1.54) is 27.7 Å². The van der Waals surface area contributed by atoms with Crippen molar-refractivity contribution >= 4 is 10.9 Å². The molecule has 0 bridgehead atoms. The van der Waals surface area contributed by atoms with Crippen molar-refractivity contribution in [1.82, 2.24) is 4.57 Å². The molecule has 0 saturated carbocycles. The fourth-order valence-corrected chi connectivity index (χ4v) is 3.06. The van der Waals surface area contributed by atoms with E-state index in [0.717, 1.165) is 6.42 Å². The van der Waals surface area contributed by atoms with E-state index in [1.807, 2.05) is 0 Å². The van der Waals surface area contributed by atoms with E-state index in [-0.39, 0.29) is 0 Å². The third-order valence-corrected chi connectivity index (χ3v) is 3.99. The molecular formula is C17H26N2. The van der Waals surface area contributed by atoms with E-state index in [4.69, 9.17) is 5.73 Å². The van der Waals surface area contributed by atoms with Gasteiger partial charge in [-0.3, -0.25) is 0 Å². The molecule has 19 heavy (non-hydrogen) atoms. The van der Waals surface area contributed by atoms with E-state index < -0.39 is 0 Å². The van der Waals surface area contributed by atoms with Crippen LogP contribution in [0.1, 0.15) is 56.4 Å². The third kappa shape index (κ3) is 2.42. The summed E-state index contributed by atoms with van der Waals surface area (Å²) in [6.07, 6.45) is 0.965. The molecule has 2 heteroatoms. The van der Waals surface area contributed by atoms with Crippen molar-refractivity contribution in [2.45, 2.75) is 46.0 Å². The molecule has 0 saturated heterocycles. The van der Waals surface area contributed by atoms with E-state index in [2.05, 4.69) is 57.5 Å². The molecule has 0 amide bonds. The van der Waals surface area contributed by atoms with Gasteiger partial charge in [0.1, 0.15) is 0 Å². The highest BCUT2D eigenvalue weighted by Gasteiger charge is 2.17. The quantitative estimate of drug-likeness (QED) is 0.885. The van der Waals surface area contributed by atoms with E-state index in [9.17, 15) is 0 Å². The van der Waals surface area contributed by atoms with Crippen LogP contribution in [-0.4, -0.2) is 11.1 Å². The number of nitrogens with two attached hydrogens (primary N) is 1. The molecule has 1 aromatic heterocycles. The predicted octanol–water partition coefficient (Wildman–Crippen LogP) is 3.93. The zero-order valence-electron chi connectivity index (χ0n) is 12.8. The maximum atomic E-state index is 5.82. The summed E-state index contributed by atoms with van der Waals surface area (Å²) in [6, 6.07) is 6.87. The van der Waals surface area contributed by atoms with Gasteiger partial charge in [0.25, 0.3) is 0 Å². The first kappa shape index (κ1) is 14.1. The normalized spacial score (nSPS) is 12.0. The molecule has 0 atom stereocenters. The Kier molecular flexibility index (Phi) is 4.00. The lowest BCUT2D eigenvalue weighted by Gasteiger charge is -2.10. The third-order valence-electron chi connectivity index (χ3n) is 3.99. The zero-order valence-corrected chi connectivity index (χ0v) is 12.8. The molecule has 0 aliphatic heterocycles. The molecule has 0 aliphatic carbocycles. The lowest BCUT2D eigenvalue weighted by molar-refractivity contribution is 0.737. The summed E-state index contributed by atoms with van der Waals surface area (Å²) >= 11 is 0. The van der Waals surface area contributed by atoms with Crippen LogP contribution in [0.3, 0.4) is 0 Å². The van der Waals surface area contributed by atoms with Gasteiger partial charge >= 0.3 is 0 Å². The van der Waals surface area contributed by atoms with Gasteiger partial charge in [0.2, 0.25) is 0 Å². The Morgan fingerprint density at radius 1 is 1.11 bits per heavy atom. The van der Waals surface area contributed by atoms with Gasteiger partial charge in [0.05, 0.1) is 0 Å². The Labute approximate surface area is 116 Å². The van der Waals surface area contributed by atoms with Crippen LogP contribution in [0.2, 0.25) is 0 Å². The van der Waals surface area contributed by atoms with Crippen LogP contribution < -0.4 is 5.73 Å². The molecule has 0 fully saturated rings. The van der Waals surface area contributed by atoms with Crippen LogP contribution in [0.15, 0.2) is 18.2 Å². The molecule has 104 valence electrons. The van der Waals surface area contributed by atoms with Crippen LogP contribution in [0.4, 0.5) is 0 Å². The van der Waals surface area contributed by atoms with Crippen LogP contribution in [0.5, 0.6) is 0 Å². The fourth-order valence-electron chi connectivity index (χ4n) is 3.06. The highest BCUT2D eigenvalue weighted by Crippen LogP contribution is 2.32. The number of hydrogen-bond donors (Lipinski definition) is 1. The first-order valence-corrected chi connectivity index (χ1v) is 7.28. The number of aryl methyl sites for hydroxylation is 1. The lowest BCUT2D eigenvalue weighted by Crippen LogP contribution is -2.07. The molecular weight excluding hydrogens is 232 g/mol. The molecule has 2 rings (SSSR count). The van der Waals surface area contributed by atoms with Crippen LogP contribution in [0, 0.1) is 0 Å². The summed E-state index contributed by atoms with van der Waals surface area (Å²) in [5.74, 6) is 1.10. The molecule has 1 heterocycles. The van der Waals surface area contributed by atoms with E-state index in [1.54, 1.807) is 0 Å². The van der Waals surface area contributed by atoms with Crippen molar-refractivity contribution in [3.63, 3.8) is 0 Å². The smallest absolute Gasteiger partial charge is 0.0483 e. The largest absolute Gasteiger partial charge is 0.347 e. The van der Waals surface area contributed by atoms with Gasteiger partial charge < -0.3 is 10.3 Å². The Morgan fingerprint density at radius 3 is 2.32 bits per heavy atom. The van der Waals surface area contributed by atoms with Gasteiger partial charge in [-0.15, -0.1) is 0 Å². The van der Waals surface area contributed by atoms with Gasteiger partial charge in [-0.2, -0.15) is 0 Å². The second-order valence-electron chi connectivity index (χ2n) is 6.05. The number of fused-ring (bicyclic) bond motifs is 1. The molecule has 0 spiro atoms. The standard InChI is InChI=1S/C17H26N2/c1-11(2)13-6-7-16-15(10-13)14(8-9-18)17(12(3)4)19(16)5/h6-7,10-12H,8-9,18H2,1-5H3. The van der Waals surface area contributed by atoms with Gasteiger partial charge in [-0.05, 0) is 48.1 Å². The maximum absolute atomic E-state index is 5.82. The van der Waals surface area contributed by atoms with Crippen molar-refractivity contribution in [3.8, 4) is 0 Å². The van der Waals surface area contributed by atoms with Crippen molar-refractivity contribution in [3.05, 3.63) is 35.0 Å². The molecule has 2 N–H and O–H groups in total. The minimum atomic E-state index is 0.529. The van der Waals surface area contributed by atoms with Crippen LogP contribution in [-0.2, 0) is 13.5 Å². The Morgan fingerprint density at radius 2 is 1.79 bits per heavy atom. The zero-order chi connectivity index (χ0) is 14.2. The topological polar surface area (TPSA) is 30.9 Å². The van der Waals surface area contributed by atoms with Gasteiger partial charge in [0, 0.05) is 23.6 Å². The molecule has 2 aromatic rings. The summed E-state index contributed by atoms with van der Waals surface area (Å²) < 4.78 is 2.34. The lowest BCUT2D eigenvalue weighted by atomic mass is 9.97. The monoisotopic (exact) mass is 258 g/mol. The Balaban J connectivity index is 2.74. The van der Waals surface area contributed by atoms with Crippen LogP contribution >= 0.6 is 0 Å². The number of nitrogens with zero attached hydrogens (tertiary/aromatic N) is 1. The average Bonchev–Trinajstić information content (AvgIpc) is 2.63. The summed E-state index contributed by atoms with van der Waals surface area (Å²) in [5.41, 5.74) is 11.4. The fraction of sp³-hybridized carbons (Fsp3) is 0.529. The summed E-state index contributed by atoms with van der Waals surface area (Å²) in [4.78, 5) is 0. The number of rotatable bonds is 4. The molecule has 0 aliphatic rings. The van der Waals surface area contributed by atoms with Crippen molar-refractivity contribution < 1.29 is 0 Å². The highest BCUT2D eigenvalue weighted by atomic mass is 15.0. The SMILES string of the molecule is CC(C)c1ccc2c(c1)c(CCN)c(C(C)C)n2C. The summed E-state index contributed by atoms with van der Waals surface area (Å²) in [7, 11) is 2.17. The number of hydrogen-bond acceptors (Lipinski definition) is 1. The van der Waals surface area contributed by atoms with Crippen molar-refractivity contribution in [2.75, 3.05) is 6.54 Å². The summed E-state index contributed by atoms with van der Waals surface area (Å²) in [5, 5.41) is 1.39. The van der Waals surface area contributed by atoms with Crippen molar-refractivity contribution in [2.24, 2.45) is 12.8 Å². The maximum Gasteiger partial charge on any atom is 0.0483 e. The minimum Gasteiger partial charge on any atom is -0.347 e. The Hall–Kier alpha value is -1.28. The average molecular weight is 258 g/mol. The highest BCUT2D eigenvalue weighted by molar-refractivity contribution is 5.86. The molecule has 2 nitrogen and oxygen atoms in total. The molecule has 0 unspecified atom stereocenters. The van der Waals surface area contributed by atoms with Gasteiger partial charge in [0.15, 0.2) is 0 Å². The van der Waals surface area contributed by atoms with Crippen LogP contribution in [0.25, 0.3) is 10.9 Å². The Bertz CT molecular complexity index is 576. The molecule has 1 aromatic carbocycles. The number of aromatic nitrogens is 1. The second kappa shape index (κ2) is 5.38. The van der Waals surface area contributed by atoms with E-state index in [0.29, 0.717) is 18.4 Å². The minimum absolute atomic E-state index is 0.529. The van der Waals surface area contributed by atoms with Gasteiger partial charge in [-0.25, -0.2) is 0 Å². The van der Waals surface area contributed by atoms with Gasteiger partial charge in [-0.1, -0.05) is 33.8 Å².